The SMILES string of the molecule is O=C(NCc1ccccn1)c1cnc(Nc2cccc(Cl)c2Cl)cn1. The van der Waals surface area contributed by atoms with Gasteiger partial charge in [-0.3, -0.25) is 9.78 Å². The molecule has 1 aromatic carbocycles. The van der Waals surface area contributed by atoms with E-state index >= 15 is 0 Å². The summed E-state index contributed by atoms with van der Waals surface area (Å²) in [5.41, 5.74) is 1.58. The van der Waals surface area contributed by atoms with Crippen molar-refractivity contribution in [2.45, 2.75) is 6.54 Å². The topological polar surface area (TPSA) is 79.8 Å². The van der Waals surface area contributed by atoms with Gasteiger partial charge in [-0.2, -0.15) is 0 Å². The fourth-order valence-corrected chi connectivity index (χ4v) is 2.36. The lowest BCUT2D eigenvalue weighted by Crippen LogP contribution is -2.24. The van der Waals surface area contributed by atoms with Gasteiger partial charge in [-0.25, -0.2) is 9.97 Å². The Morgan fingerprint density at radius 3 is 2.60 bits per heavy atom. The molecular formula is C17H13Cl2N5O. The van der Waals surface area contributed by atoms with E-state index in [0.29, 0.717) is 28.1 Å². The monoisotopic (exact) mass is 373 g/mol. The summed E-state index contributed by atoms with van der Waals surface area (Å²) in [6, 6.07) is 10.7. The van der Waals surface area contributed by atoms with Crippen molar-refractivity contribution < 1.29 is 4.79 Å². The van der Waals surface area contributed by atoms with Crippen molar-refractivity contribution in [1.82, 2.24) is 20.3 Å². The Hall–Kier alpha value is -2.70. The predicted molar refractivity (Wildman–Crippen MR) is 97.2 cm³/mol. The molecule has 0 saturated carbocycles. The van der Waals surface area contributed by atoms with Gasteiger partial charge in [0.1, 0.15) is 11.5 Å². The molecule has 0 aliphatic carbocycles. The Labute approximate surface area is 154 Å². The summed E-state index contributed by atoms with van der Waals surface area (Å²) >= 11 is 12.1. The first-order valence-electron chi connectivity index (χ1n) is 7.34. The molecular weight excluding hydrogens is 361 g/mol. The second-order valence-electron chi connectivity index (χ2n) is 5.02. The van der Waals surface area contributed by atoms with Gasteiger partial charge in [0.2, 0.25) is 0 Å². The fraction of sp³-hybridized carbons (Fsp3) is 0.0588. The lowest BCUT2D eigenvalue weighted by molar-refractivity contribution is 0.0945. The number of pyridine rings is 1. The molecule has 0 saturated heterocycles. The van der Waals surface area contributed by atoms with Crippen LogP contribution in [0.3, 0.4) is 0 Å². The Kier molecular flexibility index (Phi) is 5.42. The van der Waals surface area contributed by atoms with Crippen molar-refractivity contribution in [2.75, 3.05) is 5.32 Å². The second kappa shape index (κ2) is 7.92. The Bertz CT molecular complexity index is 872. The van der Waals surface area contributed by atoms with Crippen LogP contribution in [0, 0.1) is 0 Å². The number of carbonyl (C=O) groups is 1. The maximum absolute atomic E-state index is 12.1. The van der Waals surface area contributed by atoms with Crippen LogP contribution in [0.15, 0.2) is 55.0 Å². The summed E-state index contributed by atoms with van der Waals surface area (Å²) in [6.07, 6.45) is 4.50. The number of nitrogens with zero attached hydrogens (tertiary/aromatic N) is 3. The fourth-order valence-electron chi connectivity index (χ4n) is 2.01. The van der Waals surface area contributed by atoms with Crippen LogP contribution in [0.2, 0.25) is 10.0 Å². The van der Waals surface area contributed by atoms with E-state index in [1.165, 1.54) is 12.4 Å². The van der Waals surface area contributed by atoms with Crippen molar-refractivity contribution >= 4 is 40.6 Å². The van der Waals surface area contributed by atoms with Crippen LogP contribution in [-0.4, -0.2) is 20.9 Å². The summed E-state index contributed by atoms with van der Waals surface area (Å²) in [5, 5.41) is 6.57. The second-order valence-corrected chi connectivity index (χ2v) is 5.80. The van der Waals surface area contributed by atoms with Gasteiger partial charge in [0.05, 0.1) is 40.4 Å². The van der Waals surface area contributed by atoms with Crippen molar-refractivity contribution in [1.29, 1.82) is 0 Å². The van der Waals surface area contributed by atoms with Crippen LogP contribution in [0.1, 0.15) is 16.2 Å². The quantitative estimate of drug-likeness (QED) is 0.709. The lowest BCUT2D eigenvalue weighted by Gasteiger charge is -2.09. The Balaban J connectivity index is 1.63. The highest BCUT2D eigenvalue weighted by molar-refractivity contribution is 6.43. The highest BCUT2D eigenvalue weighted by Crippen LogP contribution is 2.31. The number of carbonyl (C=O) groups excluding carboxylic acids is 1. The van der Waals surface area contributed by atoms with Crippen LogP contribution in [0.25, 0.3) is 0 Å². The normalized spacial score (nSPS) is 10.3. The summed E-state index contributed by atoms with van der Waals surface area (Å²) in [6.45, 7) is 0.319. The van der Waals surface area contributed by atoms with Crippen LogP contribution in [0.4, 0.5) is 11.5 Å². The van der Waals surface area contributed by atoms with E-state index in [1.807, 2.05) is 18.2 Å². The third-order valence-electron chi connectivity index (χ3n) is 3.26. The maximum atomic E-state index is 12.1. The standard InChI is InChI=1S/C17H13Cl2N5O/c18-12-5-3-6-13(16(12)19)24-15-10-21-14(9-22-15)17(25)23-8-11-4-1-2-7-20-11/h1-7,9-10H,8H2,(H,22,24)(H,23,25). The molecule has 25 heavy (non-hydrogen) atoms. The Morgan fingerprint density at radius 2 is 1.88 bits per heavy atom. The molecule has 3 aromatic rings. The smallest absolute Gasteiger partial charge is 0.271 e. The number of rotatable bonds is 5. The molecule has 2 N–H and O–H groups in total. The third kappa shape index (κ3) is 4.43. The van der Waals surface area contributed by atoms with E-state index < -0.39 is 0 Å². The molecule has 6 nitrogen and oxygen atoms in total. The molecule has 0 spiro atoms. The average molecular weight is 374 g/mol. The van der Waals surface area contributed by atoms with E-state index in [1.54, 1.807) is 24.4 Å². The van der Waals surface area contributed by atoms with Crippen molar-refractivity contribution in [3.63, 3.8) is 0 Å². The van der Waals surface area contributed by atoms with Crippen LogP contribution >= 0.6 is 23.2 Å². The van der Waals surface area contributed by atoms with E-state index in [-0.39, 0.29) is 11.6 Å². The van der Waals surface area contributed by atoms with Crippen LogP contribution < -0.4 is 10.6 Å². The number of anilines is 2. The minimum absolute atomic E-state index is 0.207. The van der Waals surface area contributed by atoms with Crippen LogP contribution in [0.5, 0.6) is 0 Å². The van der Waals surface area contributed by atoms with Crippen molar-refractivity contribution in [2.24, 2.45) is 0 Å². The van der Waals surface area contributed by atoms with E-state index in [4.69, 9.17) is 23.2 Å². The van der Waals surface area contributed by atoms with E-state index in [9.17, 15) is 4.79 Å². The number of amides is 1. The molecule has 0 radical (unpaired) electrons. The molecule has 126 valence electrons. The molecule has 3 rings (SSSR count). The first-order valence-corrected chi connectivity index (χ1v) is 8.10. The molecule has 1 amide bonds. The molecule has 0 bridgehead atoms. The number of aromatic nitrogens is 3. The van der Waals surface area contributed by atoms with Crippen molar-refractivity contribution in [3.05, 3.63) is 76.4 Å². The zero-order chi connectivity index (χ0) is 17.6. The summed E-state index contributed by atoms with van der Waals surface area (Å²) in [7, 11) is 0. The Morgan fingerprint density at radius 1 is 1.00 bits per heavy atom. The summed E-state index contributed by atoms with van der Waals surface area (Å²) in [5.74, 6) is 0.121. The molecule has 8 heteroatoms. The molecule has 2 heterocycles. The van der Waals surface area contributed by atoms with Gasteiger partial charge in [0.15, 0.2) is 0 Å². The average Bonchev–Trinajstić information content (AvgIpc) is 2.65. The first-order chi connectivity index (χ1) is 12.1. The van der Waals surface area contributed by atoms with Gasteiger partial charge in [-0.05, 0) is 24.3 Å². The number of hydrogen-bond donors (Lipinski definition) is 2. The minimum Gasteiger partial charge on any atom is -0.345 e. The van der Waals surface area contributed by atoms with E-state index in [2.05, 4.69) is 25.6 Å². The lowest BCUT2D eigenvalue weighted by atomic mass is 10.3. The molecule has 0 unspecified atom stereocenters. The highest BCUT2D eigenvalue weighted by Gasteiger charge is 2.09. The van der Waals surface area contributed by atoms with Gasteiger partial charge in [-0.1, -0.05) is 35.3 Å². The zero-order valence-electron chi connectivity index (χ0n) is 12.9. The predicted octanol–water partition coefficient (Wildman–Crippen LogP) is 3.85. The summed E-state index contributed by atoms with van der Waals surface area (Å²) < 4.78 is 0. The van der Waals surface area contributed by atoms with Gasteiger partial charge in [-0.15, -0.1) is 0 Å². The van der Waals surface area contributed by atoms with Crippen LogP contribution in [-0.2, 0) is 6.54 Å². The molecule has 0 aliphatic heterocycles. The maximum Gasteiger partial charge on any atom is 0.271 e. The number of nitrogens with one attached hydrogen (secondary N) is 2. The van der Waals surface area contributed by atoms with Gasteiger partial charge in [0, 0.05) is 6.20 Å². The number of benzene rings is 1. The largest absolute Gasteiger partial charge is 0.345 e. The summed E-state index contributed by atoms with van der Waals surface area (Å²) in [4.78, 5) is 24.5. The minimum atomic E-state index is -0.328. The number of halogens is 2. The number of hydrogen-bond acceptors (Lipinski definition) is 5. The zero-order valence-corrected chi connectivity index (χ0v) is 14.4. The highest BCUT2D eigenvalue weighted by atomic mass is 35.5. The molecule has 0 atom stereocenters. The van der Waals surface area contributed by atoms with E-state index in [0.717, 1.165) is 5.69 Å². The molecule has 2 aromatic heterocycles. The molecule has 0 aliphatic rings. The molecule has 0 fully saturated rings. The van der Waals surface area contributed by atoms with Gasteiger partial charge < -0.3 is 10.6 Å². The first kappa shape index (κ1) is 17.1. The third-order valence-corrected chi connectivity index (χ3v) is 4.07. The van der Waals surface area contributed by atoms with Gasteiger partial charge in [0.25, 0.3) is 5.91 Å². The van der Waals surface area contributed by atoms with Gasteiger partial charge >= 0.3 is 0 Å². The van der Waals surface area contributed by atoms with Crippen molar-refractivity contribution in [3.8, 4) is 0 Å².